The molecule has 3 aromatic rings. The number of hydrogen-bond donors (Lipinski definition) is 3. The fraction of sp³-hybridized carbons (Fsp3) is 0.217. The summed E-state index contributed by atoms with van der Waals surface area (Å²) in [7, 11) is 0. The molecule has 14 heteroatoms. The molecule has 0 saturated carbocycles. The standard InChI is InChI=1S/C23H19ClF4N6O3/c24-17-9-13(21(36)31-16-3-1-2-15(10-16)23(26,27)28)8-14(19(17)35)11-30-33-22-29-12-18(25)20(32-22)34-4-6-37-7-5-34/h1-3,8-12,35H,4-7H2,(H,31,36)(H,29,32,33)/b30-11-. The summed E-state index contributed by atoms with van der Waals surface area (Å²) < 4.78 is 58.3. The Labute approximate surface area is 212 Å². The van der Waals surface area contributed by atoms with E-state index in [1.54, 1.807) is 4.90 Å². The van der Waals surface area contributed by atoms with Gasteiger partial charge < -0.3 is 20.1 Å². The predicted octanol–water partition coefficient (Wildman–Crippen LogP) is 4.53. The van der Waals surface area contributed by atoms with E-state index in [1.165, 1.54) is 12.1 Å². The summed E-state index contributed by atoms with van der Waals surface area (Å²) in [5.74, 6) is -1.71. The quantitative estimate of drug-likeness (QED) is 0.240. The van der Waals surface area contributed by atoms with Gasteiger partial charge in [0.2, 0.25) is 5.95 Å². The number of phenolic OH excluding ortho intramolecular Hbond substituents is 1. The molecule has 0 unspecified atom stereocenters. The Morgan fingerprint density at radius 3 is 2.70 bits per heavy atom. The minimum absolute atomic E-state index is 0.0182. The van der Waals surface area contributed by atoms with E-state index in [-0.39, 0.29) is 33.6 Å². The Hall–Kier alpha value is -3.97. The SMILES string of the molecule is O=C(Nc1cccc(C(F)(F)F)c1)c1cc(Cl)c(O)c(/C=N\Nc2ncc(F)c(N3CCOCC3)n2)c1. The Bertz CT molecular complexity index is 1330. The maximum absolute atomic E-state index is 14.2. The summed E-state index contributed by atoms with van der Waals surface area (Å²) in [4.78, 5) is 22.3. The molecule has 0 spiro atoms. The number of aromatic hydroxyl groups is 1. The lowest BCUT2D eigenvalue weighted by Gasteiger charge is -2.27. The van der Waals surface area contributed by atoms with Gasteiger partial charge in [-0.25, -0.2) is 14.8 Å². The van der Waals surface area contributed by atoms with Crippen molar-refractivity contribution in [3.8, 4) is 5.75 Å². The number of benzene rings is 2. The van der Waals surface area contributed by atoms with E-state index in [1.807, 2.05) is 0 Å². The molecule has 0 radical (unpaired) electrons. The fourth-order valence-corrected chi connectivity index (χ4v) is 3.62. The van der Waals surface area contributed by atoms with Crippen molar-refractivity contribution in [2.24, 2.45) is 5.10 Å². The molecule has 1 fully saturated rings. The van der Waals surface area contributed by atoms with Gasteiger partial charge in [-0.2, -0.15) is 23.3 Å². The summed E-state index contributed by atoms with van der Waals surface area (Å²) in [6.07, 6.45) is -2.46. The number of carbonyl (C=O) groups excluding carboxylic acids is 1. The summed E-state index contributed by atoms with van der Waals surface area (Å²) in [5.41, 5.74) is 1.49. The minimum Gasteiger partial charge on any atom is -0.506 e. The van der Waals surface area contributed by atoms with Crippen LogP contribution in [0.2, 0.25) is 5.02 Å². The van der Waals surface area contributed by atoms with Crippen molar-refractivity contribution in [3.05, 3.63) is 70.1 Å². The Kier molecular flexibility index (Phi) is 7.74. The van der Waals surface area contributed by atoms with Crippen molar-refractivity contribution in [3.63, 3.8) is 0 Å². The smallest absolute Gasteiger partial charge is 0.416 e. The zero-order valence-electron chi connectivity index (χ0n) is 18.9. The third-order valence-corrected chi connectivity index (χ3v) is 5.50. The number of amides is 1. The predicted molar refractivity (Wildman–Crippen MR) is 129 cm³/mol. The number of rotatable bonds is 6. The van der Waals surface area contributed by atoms with Crippen LogP contribution in [0.15, 0.2) is 47.7 Å². The normalized spacial score (nSPS) is 14.1. The molecule has 1 saturated heterocycles. The van der Waals surface area contributed by atoms with Gasteiger partial charge in [0.25, 0.3) is 5.91 Å². The molecular weight excluding hydrogens is 520 g/mol. The number of alkyl halides is 3. The molecule has 37 heavy (non-hydrogen) atoms. The van der Waals surface area contributed by atoms with Gasteiger partial charge in [-0.3, -0.25) is 4.79 Å². The molecule has 1 aromatic heterocycles. The number of anilines is 3. The summed E-state index contributed by atoms with van der Waals surface area (Å²) >= 11 is 6.03. The van der Waals surface area contributed by atoms with Crippen LogP contribution in [0.4, 0.5) is 35.0 Å². The van der Waals surface area contributed by atoms with Crippen LogP contribution in [0.1, 0.15) is 21.5 Å². The number of ether oxygens (including phenoxy) is 1. The maximum Gasteiger partial charge on any atom is 0.416 e. The fourth-order valence-electron chi connectivity index (χ4n) is 3.39. The van der Waals surface area contributed by atoms with E-state index in [0.29, 0.717) is 26.3 Å². The highest BCUT2D eigenvalue weighted by molar-refractivity contribution is 6.33. The first-order chi connectivity index (χ1) is 17.6. The molecule has 0 aliphatic carbocycles. The third-order valence-electron chi connectivity index (χ3n) is 5.21. The second-order valence-electron chi connectivity index (χ2n) is 7.76. The number of morpholine rings is 1. The minimum atomic E-state index is -4.57. The number of nitrogens with one attached hydrogen (secondary N) is 2. The molecule has 3 N–H and O–H groups in total. The Morgan fingerprint density at radius 2 is 1.97 bits per heavy atom. The Morgan fingerprint density at radius 1 is 1.22 bits per heavy atom. The maximum atomic E-state index is 14.2. The van der Waals surface area contributed by atoms with Crippen LogP contribution in [0.25, 0.3) is 0 Å². The van der Waals surface area contributed by atoms with E-state index in [4.69, 9.17) is 16.3 Å². The average molecular weight is 539 g/mol. The van der Waals surface area contributed by atoms with Crippen molar-refractivity contribution < 1.29 is 32.2 Å². The molecule has 194 valence electrons. The number of phenols is 1. The van der Waals surface area contributed by atoms with Gasteiger partial charge in [0, 0.05) is 29.9 Å². The van der Waals surface area contributed by atoms with Gasteiger partial charge in [-0.1, -0.05) is 17.7 Å². The van der Waals surface area contributed by atoms with E-state index < -0.39 is 29.2 Å². The van der Waals surface area contributed by atoms with Gasteiger partial charge in [-0.05, 0) is 30.3 Å². The van der Waals surface area contributed by atoms with Crippen molar-refractivity contribution in [2.75, 3.05) is 41.9 Å². The highest BCUT2D eigenvalue weighted by Gasteiger charge is 2.30. The van der Waals surface area contributed by atoms with Gasteiger partial charge in [0.05, 0.1) is 36.2 Å². The molecule has 1 aliphatic rings. The topological polar surface area (TPSA) is 112 Å². The monoisotopic (exact) mass is 538 g/mol. The van der Waals surface area contributed by atoms with Crippen LogP contribution in [0.5, 0.6) is 5.75 Å². The lowest BCUT2D eigenvalue weighted by atomic mass is 10.1. The average Bonchev–Trinajstić information content (AvgIpc) is 2.87. The van der Waals surface area contributed by atoms with E-state index in [2.05, 4.69) is 25.8 Å². The van der Waals surface area contributed by atoms with Crippen LogP contribution >= 0.6 is 11.6 Å². The molecule has 2 heterocycles. The lowest BCUT2D eigenvalue weighted by molar-refractivity contribution is -0.137. The molecule has 1 aliphatic heterocycles. The van der Waals surface area contributed by atoms with Crippen molar-refractivity contribution in [2.45, 2.75) is 6.18 Å². The van der Waals surface area contributed by atoms with E-state index in [9.17, 15) is 27.5 Å². The number of carbonyl (C=O) groups is 1. The molecular formula is C23H19ClF4N6O3. The first kappa shape index (κ1) is 26.1. The van der Waals surface area contributed by atoms with E-state index >= 15 is 0 Å². The molecule has 9 nitrogen and oxygen atoms in total. The highest BCUT2D eigenvalue weighted by atomic mass is 35.5. The zero-order chi connectivity index (χ0) is 26.6. The summed E-state index contributed by atoms with van der Waals surface area (Å²) in [5, 5.41) is 16.3. The highest BCUT2D eigenvalue weighted by Crippen LogP contribution is 2.31. The first-order valence-corrected chi connectivity index (χ1v) is 11.1. The summed E-state index contributed by atoms with van der Waals surface area (Å²) in [6, 6.07) is 6.52. The number of hydrogen-bond acceptors (Lipinski definition) is 8. The van der Waals surface area contributed by atoms with Crippen molar-refractivity contribution in [1.29, 1.82) is 0 Å². The van der Waals surface area contributed by atoms with Crippen molar-refractivity contribution in [1.82, 2.24) is 9.97 Å². The second-order valence-corrected chi connectivity index (χ2v) is 8.17. The number of nitrogens with zero attached hydrogens (tertiary/aromatic N) is 4. The summed E-state index contributed by atoms with van der Waals surface area (Å²) in [6.45, 7) is 1.78. The van der Waals surface area contributed by atoms with Crippen LogP contribution in [0.3, 0.4) is 0 Å². The lowest BCUT2D eigenvalue weighted by Crippen LogP contribution is -2.37. The number of aromatic nitrogens is 2. The van der Waals surface area contributed by atoms with Crippen LogP contribution in [0, 0.1) is 5.82 Å². The largest absolute Gasteiger partial charge is 0.506 e. The van der Waals surface area contributed by atoms with Gasteiger partial charge in [0.15, 0.2) is 11.6 Å². The molecule has 1 amide bonds. The Balaban J connectivity index is 1.49. The van der Waals surface area contributed by atoms with Gasteiger partial charge in [0.1, 0.15) is 5.75 Å². The molecule has 0 atom stereocenters. The third kappa shape index (κ3) is 6.43. The van der Waals surface area contributed by atoms with Crippen LogP contribution in [-0.2, 0) is 10.9 Å². The molecule has 4 rings (SSSR count). The molecule has 2 aromatic carbocycles. The van der Waals surface area contributed by atoms with Crippen LogP contribution in [-0.4, -0.2) is 53.5 Å². The number of hydrazone groups is 1. The molecule has 0 bridgehead atoms. The number of halogens is 5. The second kappa shape index (κ2) is 11.0. The van der Waals surface area contributed by atoms with Crippen LogP contribution < -0.4 is 15.6 Å². The van der Waals surface area contributed by atoms with Gasteiger partial charge >= 0.3 is 6.18 Å². The first-order valence-electron chi connectivity index (χ1n) is 10.8. The zero-order valence-corrected chi connectivity index (χ0v) is 19.6. The van der Waals surface area contributed by atoms with Gasteiger partial charge in [-0.15, -0.1) is 0 Å². The van der Waals surface area contributed by atoms with E-state index in [0.717, 1.165) is 36.7 Å². The van der Waals surface area contributed by atoms with Crippen molar-refractivity contribution >= 4 is 41.2 Å².